The summed E-state index contributed by atoms with van der Waals surface area (Å²) < 4.78 is 5.49. The fourth-order valence-electron chi connectivity index (χ4n) is 5.00. The predicted molar refractivity (Wildman–Crippen MR) is 86.9 cm³/mol. The molecule has 6 nitrogen and oxygen atoms in total. The zero-order valence-electron chi connectivity index (χ0n) is 13.5. The number of ether oxygens (including phenoxy) is 1. The van der Waals surface area contributed by atoms with Crippen molar-refractivity contribution in [2.24, 2.45) is 17.3 Å². The first-order chi connectivity index (χ1) is 10.8. The maximum atomic E-state index is 12.8. The number of halogens is 1. The van der Waals surface area contributed by atoms with Gasteiger partial charge in [-0.25, -0.2) is 4.79 Å². The van der Waals surface area contributed by atoms with Crippen molar-refractivity contribution in [2.75, 3.05) is 7.05 Å². The van der Waals surface area contributed by atoms with Gasteiger partial charge in [-0.1, -0.05) is 15.9 Å². The summed E-state index contributed by atoms with van der Waals surface area (Å²) in [7, 11) is 1.42. The Kier molecular flexibility index (Phi) is 4.19. The van der Waals surface area contributed by atoms with Crippen LogP contribution >= 0.6 is 15.9 Å². The minimum atomic E-state index is -0.973. The van der Waals surface area contributed by atoms with Gasteiger partial charge < -0.3 is 10.1 Å². The van der Waals surface area contributed by atoms with Crippen molar-refractivity contribution in [3.05, 3.63) is 0 Å². The van der Waals surface area contributed by atoms with E-state index in [1.54, 1.807) is 0 Å². The minimum absolute atomic E-state index is 0.0592. The van der Waals surface area contributed by atoms with Crippen molar-refractivity contribution in [3.63, 3.8) is 0 Å². The fraction of sp³-hybridized carbons (Fsp3) is 0.812. The number of imide groups is 1. The van der Waals surface area contributed by atoms with E-state index in [1.165, 1.54) is 20.4 Å². The summed E-state index contributed by atoms with van der Waals surface area (Å²) in [6.45, 7) is 1.50. The lowest BCUT2D eigenvalue weighted by atomic mass is 9.49. The minimum Gasteiger partial charge on any atom is -0.452 e. The lowest BCUT2D eigenvalue weighted by Crippen LogP contribution is -2.57. The molecule has 0 saturated heterocycles. The van der Waals surface area contributed by atoms with Crippen molar-refractivity contribution in [3.8, 4) is 0 Å². The normalized spacial score (nSPS) is 38.7. The second-order valence-electron chi connectivity index (χ2n) is 7.51. The number of carbonyl (C=O) groups excluding carboxylic acids is 3. The Hall–Kier alpha value is -1.11. The molecule has 4 rings (SSSR count). The van der Waals surface area contributed by atoms with Crippen LogP contribution < -0.4 is 10.6 Å². The highest BCUT2D eigenvalue weighted by atomic mass is 79.9. The molecule has 0 aliphatic heterocycles. The molecule has 4 aliphatic rings. The highest BCUT2D eigenvalue weighted by molar-refractivity contribution is 9.10. The van der Waals surface area contributed by atoms with E-state index in [-0.39, 0.29) is 10.3 Å². The molecule has 2 N–H and O–H groups in total. The fourth-order valence-corrected chi connectivity index (χ4v) is 6.46. The van der Waals surface area contributed by atoms with Crippen molar-refractivity contribution in [1.29, 1.82) is 0 Å². The van der Waals surface area contributed by atoms with Crippen LogP contribution in [0.15, 0.2) is 0 Å². The van der Waals surface area contributed by atoms with Gasteiger partial charge in [0, 0.05) is 11.4 Å². The molecule has 4 bridgehead atoms. The largest absolute Gasteiger partial charge is 0.452 e. The molecule has 4 fully saturated rings. The SMILES string of the molecule is CNC(=O)NC(=O)[C@H](C)OC(=O)C12C[C@@H]3C[C@@H](CC(Br)(C3)C1)C2. The van der Waals surface area contributed by atoms with E-state index in [1.807, 2.05) is 0 Å². The second-order valence-corrected chi connectivity index (χ2v) is 9.19. The Morgan fingerprint density at radius 1 is 1.17 bits per heavy atom. The highest BCUT2D eigenvalue weighted by Crippen LogP contribution is 2.64. The molecule has 128 valence electrons. The molecule has 2 unspecified atom stereocenters. The molecule has 0 heterocycles. The molecule has 0 radical (unpaired) electrons. The van der Waals surface area contributed by atoms with E-state index < -0.39 is 23.5 Å². The number of rotatable bonds is 3. The van der Waals surface area contributed by atoms with Crippen LogP contribution in [0.25, 0.3) is 0 Å². The Balaban J connectivity index is 1.66. The van der Waals surface area contributed by atoms with E-state index >= 15 is 0 Å². The van der Waals surface area contributed by atoms with Crippen LogP contribution in [0.2, 0.25) is 0 Å². The Labute approximate surface area is 144 Å². The van der Waals surface area contributed by atoms with Crippen LogP contribution in [0.1, 0.15) is 45.4 Å². The summed E-state index contributed by atoms with van der Waals surface area (Å²) in [4.78, 5) is 35.9. The predicted octanol–water partition coefficient (Wildman–Crippen LogP) is 2.11. The first-order valence-electron chi connectivity index (χ1n) is 8.18. The molecule has 0 spiro atoms. The van der Waals surface area contributed by atoms with Gasteiger partial charge >= 0.3 is 12.0 Å². The standard InChI is InChI=1S/C16H23BrN2O4/c1-9(12(20)19-14(22)18-2)23-13(21)15-4-10-3-11(5-15)7-16(17,6-10)8-15/h9-11H,3-8H2,1-2H3,(H2,18,19,20,22)/t9-,10-,11+,15?,16?/m0/s1. The second kappa shape index (κ2) is 5.76. The van der Waals surface area contributed by atoms with Crippen LogP contribution in [-0.2, 0) is 14.3 Å². The number of alkyl halides is 1. The van der Waals surface area contributed by atoms with Crippen molar-refractivity contribution < 1.29 is 19.1 Å². The highest BCUT2D eigenvalue weighted by Gasteiger charge is 2.60. The first kappa shape index (κ1) is 16.7. The van der Waals surface area contributed by atoms with Gasteiger partial charge in [0.1, 0.15) is 0 Å². The van der Waals surface area contributed by atoms with Gasteiger partial charge in [0.2, 0.25) is 0 Å². The van der Waals surface area contributed by atoms with Crippen molar-refractivity contribution in [1.82, 2.24) is 10.6 Å². The lowest BCUT2D eigenvalue weighted by Gasteiger charge is -2.58. The summed E-state index contributed by atoms with van der Waals surface area (Å²) in [5.74, 6) is 0.252. The first-order valence-corrected chi connectivity index (χ1v) is 8.97. The zero-order valence-corrected chi connectivity index (χ0v) is 15.1. The Bertz CT molecular complexity index is 536. The monoisotopic (exact) mass is 386 g/mol. The van der Waals surface area contributed by atoms with Crippen LogP contribution in [0.5, 0.6) is 0 Å². The van der Waals surface area contributed by atoms with Gasteiger partial charge in [-0.3, -0.25) is 14.9 Å². The topological polar surface area (TPSA) is 84.5 Å². The molecule has 4 saturated carbocycles. The van der Waals surface area contributed by atoms with E-state index in [2.05, 4.69) is 26.6 Å². The number of carbonyl (C=O) groups is 3. The maximum absolute atomic E-state index is 12.8. The van der Waals surface area contributed by atoms with Crippen molar-refractivity contribution in [2.45, 2.75) is 55.9 Å². The molecule has 5 atom stereocenters. The van der Waals surface area contributed by atoms with Gasteiger partial charge in [-0.2, -0.15) is 0 Å². The number of hydrogen-bond donors (Lipinski definition) is 2. The molecule has 0 aromatic heterocycles. The number of amides is 3. The van der Waals surface area contributed by atoms with E-state index in [0.29, 0.717) is 11.8 Å². The molecule has 7 heteroatoms. The third-order valence-electron chi connectivity index (χ3n) is 5.54. The van der Waals surface area contributed by atoms with Gasteiger partial charge in [-0.15, -0.1) is 0 Å². The summed E-state index contributed by atoms with van der Waals surface area (Å²) in [5, 5.41) is 4.44. The van der Waals surface area contributed by atoms with Gasteiger partial charge in [-0.05, 0) is 57.3 Å². The number of nitrogens with one attached hydrogen (secondary N) is 2. The summed E-state index contributed by atoms with van der Waals surface area (Å²) >= 11 is 3.86. The molecule has 4 aliphatic carbocycles. The molecular weight excluding hydrogens is 364 g/mol. The third kappa shape index (κ3) is 3.12. The number of esters is 1. The molecule has 3 amide bonds. The van der Waals surface area contributed by atoms with E-state index in [9.17, 15) is 14.4 Å². The van der Waals surface area contributed by atoms with E-state index in [4.69, 9.17) is 4.74 Å². The summed E-state index contributed by atoms with van der Waals surface area (Å²) in [5.41, 5.74) is -0.463. The van der Waals surface area contributed by atoms with Crippen LogP contribution in [-0.4, -0.2) is 35.4 Å². The molecule has 23 heavy (non-hydrogen) atoms. The summed E-state index contributed by atoms with van der Waals surface area (Å²) in [6.07, 6.45) is 5.00. The molecule has 0 aromatic rings. The van der Waals surface area contributed by atoms with Gasteiger partial charge in [0.25, 0.3) is 5.91 Å². The molecular formula is C16H23BrN2O4. The average molecular weight is 387 g/mol. The van der Waals surface area contributed by atoms with Crippen LogP contribution in [0.4, 0.5) is 4.79 Å². The van der Waals surface area contributed by atoms with E-state index in [0.717, 1.165) is 32.1 Å². The van der Waals surface area contributed by atoms with Crippen molar-refractivity contribution >= 4 is 33.8 Å². The smallest absolute Gasteiger partial charge is 0.321 e. The number of hydrogen-bond acceptors (Lipinski definition) is 4. The zero-order chi connectivity index (χ0) is 16.8. The lowest BCUT2D eigenvalue weighted by molar-refractivity contribution is -0.176. The van der Waals surface area contributed by atoms with Gasteiger partial charge in [0.05, 0.1) is 5.41 Å². The van der Waals surface area contributed by atoms with Crippen LogP contribution in [0, 0.1) is 17.3 Å². The maximum Gasteiger partial charge on any atom is 0.321 e. The number of urea groups is 1. The van der Waals surface area contributed by atoms with Crippen LogP contribution in [0.3, 0.4) is 0 Å². The van der Waals surface area contributed by atoms with Gasteiger partial charge in [0.15, 0.2) is 6.10 Å². The average Bonchev–Trinajstić information content (AvgIpc) is 2.44. The Morgan fingerprint density at radius 2 is 1.78 bits per heavy atom. The Morgan fingerprint density at radius 3 is 2.30 bits per heavy atom. The molecule has 0 aromatic carbocycles. The summed E-state index contributed by atoms with van der Waals surface area (Å²) in [6, 6.07) is -0.605. The third-order valence-corrected chi connectivity index (χ3v) is 6.47. The quantitative estimate of drug-likeness (QED) is 0.574.